The normalized spacial score (nSPS) is 11.6. The first-order valence-corrected chi connectivity index (χ1v) is 13.1. The van der Waals surface area contributed by atoms with E-state index >= 15 is 4.39 Å². The molecule has 0 aliphatic rings. The molecule has 0 radical (unpaired) electrons. The Morgan fingerprint density at radius 3 is 2.50 bits per heavy atom. The molecule has 38 heavy (non-hydrogen) atoms. The average Bonchev–Trinajstić information content (AvgIpc) is 3.34. The number of aliphatic carboxylic acids is 1. The van der Waals surface area contributed by atoms with Crippen LogP contribution in [0.1, 0.15) is 61.0 Å². The highest BCUT2D eigenvalue weighted by molar-refractivity contribution is 7.14. The van der Waals surface area contributed by atoms with E-state index in [2.05, 4.69) is 17.2 Å². The lowest BCUT2D eigenvalue weighted by Gasteiger charge is -2.08. The summed E-state index contributed by atoms with van der Waals surface area (Å²) in [6, 6.07) is 6.66. The maximum atomic E-state index is 15.1. The molecular weight excluding hydrogens is 517 g/mol. The molecule has 6 nitrogen and oxygen atoms in total. The number of amides is 1. The maximum absolute atomic E-state index is 15.1. The van der Waals surface area contributed by atoms with Gasteiger partial charge in [0.2, 0.25) is 0 Å². The van der Waals surface area contributed by atoms with Crippen LogP contribution >= 0.6 is 11.3 Å². The Kier molecular flexibility index (Phi) is 10.6. The van der Waals surface area contributed by atoms with Crippen LogP contribution in [0.25, 0.3) is 17.3 Å². The Labute approximate surface area is 223 Å². The minimum absolute atomic E-state index is 0.127. The molecule has 1 amide bonds. The summed E-state index contributed by atoms with van der Waals surface area (Å²) in [5, 5.41) is 13.1. The van der Waals surface area contributed by atoms with Gasteiger partial charge in [0.15, 0.2) is 5.13 Å². The second kappa shape index (κ2) is 13.9. The molecule has 202 valence electrons. The van der Waals surface area contributed by atoms with Crippen molar-refractivity contribution in [3.05, 3.63) is 75.4 Å². The zero-order valence-corrected chi connectivity index (χ0v) is 22.0. The summed E-state index contributed by atoms with van der Waals surface area (Å²) < 4.78 is 49.5. The average molecular weight is 547 g/mol. The number of aryl methyl sites for hydroxylation is 1. The monoisotopic (exact) mass is 546 g/mol. The summed E-state index contributed by atoms with van der Waals surface area (Å²) in [4.78, 5) is 27.8. The van der Waals surface area contributed by atoms with E-state index < -0.39 is 34.9 Å². The molecule has 0 aliphatic heterocycles. The number of carbonyl (C=O) groups excluding carboxylic acids is 1. The molecule has 0 aliphatic carbocycles. The van der Waals surface area contributed by atoms with Gasteiger partial charge < -0.3 is 9.84 Å². The fourth-order valence-electron chi connectivity index (χ4n) is 3.65. The van der Waals surface area contributed by atoms with Crippen molar-refractivity contribution < 1.29 is 32.6 Å². The quantitative estimate of drug-likeness (QED) is 0.176. The van der Waals surface area contributed by atoms with Gasteiger partial charge in [-0.05, 0) is 56.0 Å². The Balaban J connectivity index is 1.66. The number of benzene rings is 2. The van der Waals surface area contributed by atoms with Crippen LogP contribution in [0.5, 0.6) is 0 Å². The smallest absolute Gasteiger partial charge is 0.331 e. The maximum Gasteiger partial charge on any atom is 0.331 e. The van der Waals surface area contributed by atoms with Crippen molar-refractivity contribution in [2.24, 2.45) is 0 Å². The van der Waals surface area contributed by atoms with Crippen molar-refractivity contribution in [2.75, 3.05) is 18.5 Å². The van der Waals surface area contributed by atoms with Crippen molar-refractivity contribution in [3.8, 4) is 11.3 Å². The number of carboxylic acid groups (broad SMARTS) is 1. The van der Waals surface area contributed by atoms with Gasteiger partial charge in [-0.15, -0.1) is 11.3 Å². The van der Waals surface area contributed by atoms with E-state index in [1.165, 1.54) is 6.92 Å². The van der Waals surface area contributed by atoms with Crippen molar-refractivity contribution >= 4 is 34.4 Å². The molecule has 3 rings (SSSR count). The number of carboxylic acids is 1. The molecule has 2 N–H and O–H groups in total. The molecule has 1 heterocycles. The number of nitrogens with one attached hydrogen (secondary N) is 1. The van der Waals surface area contributed by atoms with Crippen molar-refractivity contribution in [1.29, 1.82) is 0 Å². The van der Waals surface area contributed by atoms with Crippen LogP contribution in [-0.4, -0.2) is 35.2 Å². The number of anilines is 1. The van der Waals surface area contributed by atoms with Gasteiger partial charge in [0.1, 0.15) is 17.5 Å². The van der Waals surface area contributed by atoms with Gasteiger partial charge in [-0.1, -0.05) is 31.9 Å². The second-order valence-electron chi connectivity index (χ2n) is 8.68. The summed E-state index contributed by atoms with van der Waals surface area (Å²) in [6.07, 6.45) is 5.31. The van der Waals surface area contributed by atoms with Gasteiger partial charge in [0, 0.05) is 40.9 Å². The van der Waals surface area contributed by atoms with Crippen molar-refractivity contribution in [1.82, 2.24) is 4.98 Å². The zero-order valence-electron chi connectivity index (χ0n) is 21.2. The van der Waals surface area contributed by atoms with Crippen LogP contribution in [0, 0.1) is 17.5 Å². The number of halogens is 3. The van der Waals surface area contributed by atoms with Crippen LogP contribution in [0.15, 0.2) is 41.3 Å². The van der Waals surface area contributed by atoms with E-state index in [9.17, 15) is 18.4 Å². The van der Waals surface area contributed by atoms with E-state index in [-0.39, 0.29) is 21.8 Å². The van der Waals surface area contributed by atoms with Gasteiger partial charge in [-0.2, -0.15) is 0 Å². The molecule has 0 unspecified atom stereocenters. The Morgan fingerprint density at radius 2 is 1.82 bits per heavy atom. The third-order valence-corrected chi connectivity index (χ3v) is 6.50. The summed E-state index contributed by atoms with van der Waals surface area (Å²) in [5.74, 6) is -4.70. The minimum atomic E-state index is -1.32. The molecule has 0 bridgehead atoms. The molecule has 0 spiro atoms. The lowest BCUT2D eigenvalue weighted by molar-refractivity contribution is -0.132. The molecule has 2 aromatic carbocycles. The van der Waals surface area contributed by atoms with Crippen LogP contribution < -0.4 is 5.32 Å². The van der Waals surface area contributed by atoms with Gasteiger partial charge in [0.05, 0.1) is 5.69 Å². The van der Waals surface area contributed by atoms with E-state index in [4.69, 9.17) is 9.84 Å². The van der Waals surface area contributed by atoms with Crippen molar-refractivity contribution in [2.45, 2.75) is 46.0 Å². The minimum Gasteiger partial charge on any atom is -0.478 e. The number of rotatable bonds is 13. The lowest BCUT2D eigenvalue weighted by atomic mass is 10.0. The third-order valence-electron chi connectivity index (χ3n) is 5.75. The molecule has 1 aromatic heterocycles. The predicted molar refractivity (Wildman–Crippen MR) is 142 cm³/mol. The summed E-state index contributed by atoms with van der Waals surface area (Å²) in [6.45, 7) is 4.58. The van der Waals surface area contributed by atoms with Gasteiger partial charge in [-0.3, -0.25) is 10.1 Å². The third kappa shape index (κ3) is 7.75. The molecule has 0 fully saturated rings. The number of hydrogen-bond donors (Lipinski definition) is 2. The lowest BCUT2D eigenvalue weighted by Crippen LogP contribution is -2.13. The fraction of sp³-hybridized carbons (Fsp3) is 0.321. The SMILES string of the molecule is CCCCCOCCCc1cccc(-c2csc(NC(=O)c3cc(F)c(/C=C(\C)C(=O)O)c(F)c3)n2)c1F. The summed E-state index contributed by atoms with van der Waals surface area (Å²) >= 11 is 1.04. The van der Waals surface area contributed by atoms with E-state index in [0.29, 0.717) is 37.3 Å². The number of aromatic nitrogens is 1. The Hall–Kier alpha value is -3.50. The van der Waals surface area contributed by atoms with Crippen LogP contribution in [0.3, 0.4) is 0 Å². The highest BCUT2D eigenvalue weighted by Gasteiger charge is 2.18. The largest absolute Gasteiger partial charge is 0.478 e. The number of thiazole rings is 1. The molecule has 10 heteroatoms. The number of nitrogens with zero attached hydrogens (tertiary/aromatic N) is 1. The standard InChI is InChI=1S/C28H29F3N2O4S/c1-3-4-5-11-37-12-7-9-18-8-6-10-20(25(18)31)24-16-38-28(32-24)33-26(34)19-14-22(29)21(23(30)15-19)13-17(2)27(35)36/h6,8,10,13-16H,3-5,7,9,11-12H2,1-2H3,(H,35,36)(H,32,33,34)/b17-13+. The van der Waals surface area contributed by atoms with Crippen molar-refractivity contribution in [3.63, 3.8) is 0 Å². The van der Waals surface area contributed by atoms with E-state index in [1.54, 1.807) is 23.6 Å². The van der Waals surface area contributed by atoms with Crippen LogP contribution in [0.4, 0.5) is 18.3 Å². The number of carbonyl (C=O) groups is 2. The van der Waals surface area contributed by atoms with E-state index in [1.807, 2.05) is 0 Å². The van der Waals surface area contributed by atoms with Crippen LogP contribution in [0.2, 0.25) is 0 Å². The summed E-state index contributed by atoms with van der Waals surface area (Å²) in [7, 11) is 0. The Morgan fingerprint density at radius 1 is 1.11 bits per heavy atom. The fourth-order valence-corrected chi connectivity index (χ4v) is 4.35. The molecule has 0 saturated heterocycles. The topological polar surface area (TPSA) is 88.5 Å². The van der Waals surface area contributed by atoms with E-state index in [0.717, 1.165) is 48.8 Å². The van der Waals surface area contributed by atoms with Crippen LogP contribution in [-0.2, 0) is 16.0 Å². The first kappa shape index (κ1) is 29.1. The number of hydrogen-bond acceptors (Lipinski definition) is 5. The zero-order chi connectivity index (χ0) is 27.7. The summed E-state index contributed by atoms with van der Waals surface area (Å²) in [5.41, 5.74) is 0.00907. The second-order valence-corrected chi connectivity index (χ2v) is 9.54. The molecule has 3 aromatic rings. The predicted octanol–water partition coefficient (Wildman–Crippen LogP) is 7.11. The Bertz CT molecular complexity index is 1300. The molecular formula is C28H29F3N2O4S. The number of unbranched alkanes of at least 4 members (excludes halogenated alkanes) is 2. The van der Waals surface area contributed by atoms with Gasteiger partial charge in [-0.25, -0.2) is 22.9 Å². The molecule has 0 atom stereocenters. The highest BCUT2D eigenvalue weighted by atomic mass is 32.1. The van der Waals surface area contributed by atoms with Gasteiger partial charge in [0.25, 0.3) is 5.91 Å². The van der Waals surface area contributed by atoms with Gasteiger partial charge >= 0.3 is 5.97 Å². The number of ether oxygens (including phenoxy) is 1. The first-order valence-electron chi connectivity index (χ1n) is 12.2. The highest BCUT2D eigenvalue weighted by Crippen LogP contribution is 2.29. The molecule has 0 saturated carbocycles. The first-order chi connectivity index (χ1) is 18.2.